The van der Waals surface area contributed by atoms with E-state index in [9.17, 15) is 0 Å². The van der Waals surface area contributed by atoms with E-state index in [1.165, 1.54) is 6.33 Å². The zero-order valence-corrected chi connectivity index (χ0v) is 18.2. The van der Waals surface area contributed by atoms with Crippen molar-refractivity contribution in [2.75, 3.05) is 13.2 Å². The Hall–Kier alpha value is -2.91. The van der Waals surface area contributed by atoms with Gasteiger partial charge in [-0.2, -0.15) is 5.10 Å². The summed E-state index contributed by atoms with van der Waals surface area (Å²) in [6, 6.07) is 14.6. The van der Waals surface area contributed by atoms with E-state index in [0.717, 1.165) is 5.56 Å². The normalized spacial score (nSPS) is 20.5. The van der Waals surface area contributed by atoms with E-state index in [4.69, 9.17) is 41.9 Å². The molecule has 32 heavy (non-hydrogen) atoms. The van der Waals surface area contributed by atoms with Crippen LogP contribution in [0.25, 0.3) is 11.3 Å². The lowest BCUT2D eigenvalue weighted by Crippen LogP contribution is -2.35. The molecule has 164 valence electrons. The van der Waals surface area contributed by atoms with Crippen molar-refractivity contribution in [3.63, 3.8) is 0 Å². The Balaban J connectivity index is 1.30. The predicted molar refractivity (Wildman–Crippen MR) is 116 cm³/mol. The van der Waals surface area contributed by atoms with Crippen molar-refractivity contribution in [3.05, 3.63) is 83.0 Å². The number of nitrogens with zero attached hydrogens (tertiary/aromatic N) is 4. The van der Waals surface area contributed by atoms with E-state index >= 15 is 0 Å². The second-order valence-electron chi connectivity index (χ2n) is 7.23. The van der Waals surface area contributed by atoms with Gasteiger partial charge in [-0.15, -0.1) is 0 Å². The summed E-state index contributed by atoms with van der Waals surface area (Å²) in [5, 5.41) is 8.88. The standard InChI is InChI=1S/C22H18Cl2N4O4/c23-16-3-6-19(20(24)9-16)22(12-28-14-25-13-26-28)30-11-18(31-22)10-29-17-4-1-15(2-5-17)21-7-8-27-32-21/h1-9,13-14,18H,10-12H2/t18-,22-/m1/s1. The number of ether oxygens (including phenoxy) is 3. The van der Waals surface area contributed by atoms with E-state index in [1.807, 2.05) is 24.3 Å². The average molecular weight is 473 g/mol. The van der Waals surface area contributed by atoms with Gasteiger partial charge in [0.15, 0.2) is 5.76 Å². The molecule has 10 heteroatoms. The molecule has 2 aromatic heterocycles. The Morgan fingerprint density at radius 1 is 1.12 bits per heavy atom. The van der Waals surface area contributed by atoms with Gasteiger partial charge in [-0.05, 0) is 36.4 Å². The van der Waals surface area contributed by atoms with E-state index in [1.54, 1.807) is 41.5 Å². The van der Waals surface area contributed by atoms with Crippen molar-refractivity contribution < 1.29 is 18.7 Å². The molecule has 8 nitrogen and oxygen atoms in total. The molecule has 0 bridgehead atoms. The predicted octanol–water partition coefficient (Wildman–Crippen LogP) is 4.59. The molecular weight excluding hydrogens is 455 g/mol. The first-order valence-corrected chi connectivity index (χ1v) is 10.6. The molecule has 1 aliphatic heterocycles. The molecule has 0 radical (unpaired) electrons. The quantitative estimate of drug-likeness (QED) is 0.388. The molecule has 0 spiro atoms. The smallest absolute Gasteiger partial charge is 0.217 e. The van der Waals surface area contributed by atoms with Gasteiger partial charge in [0.2, 0.25) is 5.79 Å². The zero-order chi connectivity index (χ0) is 22.0. The monoisotopic (exact) mass is 472 g/mol. The maximum atomic E-state index is 6.48. The van der Waals surface area contributed by atoms with E-state index in [-0.39, 0.29) is 12.6 Å². The van der Waals surface area contributed by atoms with Crippen LogP contribution in [-0.4, -0.2) is 39.2 Å². The fraction of sp³-hybridized carbons (Fsp3) is 0.227. The number of halogens is 2. The maximum Gasteiger partial charge on any atom is 0.217 e. The lowest BCUT2D eigenvalue weighted by molar-refractivity contribution is -0.190. The molecule has 2 atom stereocenters. The third-order valence-corrected chi connectivity index (χ3v) is 5.60. The second kappa shape index (κ2) is 8.91. The van der Waals surface area contributed by atoms with Gasteiger partial charge >= 0.3 is 0 Å². The maximum absolute atomic E-state index is 6.48. The Kier molecular flexibility index (Phi) is 5.84. The molecule has 0 unspecified atom stereocenters. The van der Waals surface area contributed by atoms with Crippen molar-refractivity contribution in [2.45, 2.75) is 18.4 Å². The molecule has 1 saturated heterocycles. The van der Waals surface area contributed by atoms with E-state index in [0.29, 0.717) is 40.3 Å². The van der Waals surface area contributed by atoms with Gasteiger partial charge in [-0.3, -0.25) is 0 Å². The molecule has 3 heterocycles. The van der Waals surface area contributed by atoms with Crippen LogP contribution < -0.4 is 4.74 Å². The molecule has 0 saturated carbocycles. The third-order valence-electron chi connectivity index (χ3n) is 5.05. The fourth-order valence-corrected chi connectivity index (χ4v) is 4.10. The molecule has 5 rings (SSSR count). The van der Waals surface area contributed by atoms with Crippen LogP contribution >= 0.6 is 23.2 Å². The van der Waals surface area contributed by atoms with Crippen LogP contribution in [0, 0.1) is 0 Å². The third kappa shape index (κ3) is 4.35. The van der Waals surface area contributed by atoms with Crippen molar-refractivity contribution >= 4 is 23.2 Å². The highest BCUT2D eigenvalue weighted by Crippen LogP contribution is 2.40. The van der Waals surface area contributed by atoms with Crippen molar-refractivity contribution in [1.82, 2.24) is 19.9 Å². The van der Waals surface area contributed by atoms with Crippen LogP contribution in [0.3, 0.4) is 0 Å². The summed E-state index contributed by atoms with van der Waals surface area (Å²) in [4.78, 5) is 4.00. The first kappa shape index (κ1) is 21.0. The summed E-state index contributed by atoms with van der Waals surface area (Å²) in [6.07, 6.45) is 4.34. The minimum Gasteiger partial charge on any atom is -0.491 e. The minimum absolute atomic E-state index is 0.275. The number of hydrogen-bond acceptors (Lipinski definition) is 7. The summed E-state index contributed by atoms with van der Waals surface area (Å²) in [5.74, 6) is 0.261. The highest BCUT2D eigenvalue weighted by Gasteiger charge is 2.45. The van der Waals surface area contributed by atoms with Crippen LogP contribution in [0.5, 0.6) is 5.75 Å². The van der Waals surface area contributed by atoms with Gasteiger partial charge in [0.1, 0.15) is 37.7 Å². The highest BCUT2D eigenvalue weighted by atomic mass is 35.5. The molecule has 0 aliphatic carbocycles. The summed E-state index contributed by atoms with van der Waals surface area (Å²) >= 11 is 12.6. The van der Waals surface area contributed by atoms with Crippen LogP contribution in [0.2, 0.25) is 10.0 Å². The molecule has 0 amide bonds. The Bertz CT molecular complexity index is 1170. The fourth-order valence-electron chi connectivity index (χ4n) is 3.55. The van der Waals surface area contributed by atoms with Gasteiger partial charge in [-0.25, -0.2) is 9.67 Å². The Labute approximate surface area is 193 Å². The van der Waals surface area contributed by atoms with Crippen LogP contribution in [0.4, 0.5) is 0 Å². The summed E-state index contributed by atoms with van der Waals surface area (Å²) < 4.78 is 25.2. The largest absolute Gasteiger partial charge is 0.491 e. The molecular formula is C22H18Cl2N4O4. The molecule has 1 aliphatic rings. The molecule has 4 aromatic rings. The minimum atomic E-state index is -1.14. The summed E-state index contributed by atoms with van der Waals surface area (Å²) in [6.45, 7) is 0.895. The number of hydrogen-bond donors (Lipinski definition) is 0. The zero-order valence-electron chi connectivity index (χ0n) is 16.7. The van der Waals surface area contributed by atoms with Crippen molar-refractivity contribution in [2.24, 2.45) is 0 Å². The lowest BCUT2D eigenvalue weighted by atomic mass is 10.1. The van der Waals surface area contributed by atoms with Crippen LogP contribution in [-0.2, 0) is 21.8 Å². The molecule has 2 aromatic carbocycles. The number of aromatic nitrogens is 4. The van der Waals surface area contributed by atoms with Crippen LogP contribution in [0.15, 0.2) is 71.9 Å². The highest BCUT2D eigenvalue weighted by molar-refractivity contribution is 6.35. The van der Waals surface area contributed by atoms with Gasteiger partial charge in [0, 0.05) is 22.2 Å². The van der Waals surface area contributed by atoms with Gasteiger partial charge < -0.3 is 18.7 Å². The average Bonchev–Trinajstić information content (AvgIpc) is 3.56. The molecule has 1 fully saturated rings. The molecule has 0 N–H and O–H groups in total. The summed E-state index contributed by atoms with van der Waals surface area (Å²) in [7, 11) is 0. The SMILES string of the molecule is Clc1ccc([C@]2(Cn3cncn3)OC[C@@H](COc3ccc(-c4ccno4)cc3)O2)c(Cl)c1. The van der Waals surface area contributed by atoms with Gasteiger partial charge in [0.25, 0.3) is 0 Å². The van der Waals surface area contributed by atoms with Gasteiger partial charge in [-0.1, -0.05) is 34.4 Å². The van der Waals surface area contributed by atoms with E-state index < -0.39 is 5.79 Å². The number of rotatable bonds is 7. The lowest BCUT2D eigenvalue weighted by Gasteiger charge is -2.29. The van der Waals surface area contributed by atoms with Crippen LogP contribution in [0.1, 0.15) is 5.56 Å². The Morgan fingerprint density at radius 3 is 2.72 bits per heavy atom. The van der Waals surface area contributed by atoms with Gasteiger partial charge in [0.05, 0.1) is 17.8 Å². The van der Waals surface area contributed by atoms with Crippen molar-refractivity contribution in [3.8, 4) is 17.1 Å². The first-order valence-electron chi connectivity index (χ1n) is 9.85. The number of benzene rings is 2. The van der Waals surface area contributed by atoms with E-state index in [2.05, 4.69) is 15.2 Å². The Morgan fingerprint density at radius 2 is 2.00 bits per heavy atom. The second-order valence-corrected chi connectivity index (χ2v) is 8.08. The first-order chi connectivity index (χ1) is 15.6. The topological polar surface area (TPSA) is 84.4 Å². The summed E-state index contributed by atoms with van der Waals surface area (Å²) in [5.41, 5.74) is 1.58. The van der Waals surface area contributed by atoms with Crippen molar-refractivity contribution in [1.29, 1.82) is 0 Å².